The van der Waals surface area contributed by atoms with Gasteiger partial charge in [0, 0.05) is 35.9 Å². The van der Waals surface area contributed by atoms with Crippen LogP contribution >= 0.6 is 0 Å². The second kappa shape index (κ2) is 5.57. The summed E-state index contributed by atoms with van der Waals surface area (Å²) in [7, 11) is 0. The van der Waals surface area contributed by atoms with Gasteiger partial charge in [0.25, 0.3) is 0 Å². The summed E-state index contributed by atoms with van der Waals surface area (Å²) in [6, 6.07) is 10.1. The van der Waals surface area contributed by atoms with E-state index in [1.165, 1.54) is 11.3 Å². The Morgan fingerprint density at radius 2 is 1.78 bits per heavy atom. The number of aromatic nitrogens is 3. The van der Waals surface area contributed by atoms with Crippen molar-refractivity contribution >= 4 is 22.7 Å². The van der Waals surface area contributed by atoms with Crippen LogP contribution in [0, 0.1) is 5.41 Å². The van der Waals surface area contributed by atoms with Gasteiger partial charge in [-0.3, -0.25) is 0 Å². The van der Waals surface area contributed by atoms with Gasteiger partial charge in [-0.15, -0.1) is 0 Å². The van der Waals surface area contributed by atoms with Crippen LogP contribution in [0.3, 0.4) is 0 Å². The predicted molar refractivity (Wildman–Crippen MR) is 95.1 cm³/mol. The second-order valence-corrected chi connectivity index (χ2v) is 7.21. The van der Waals surface area contributed by atoms with Crippen LogP contribution in [0.2, 0.25) is 0 Å². The number of fused-ring (bicyclic) bond motifs is 1. The van der Waals surface area contributed by atoms with Crippen LogP contribution in [0.15, 0.2) is 36.5 Å². The molecule has 2 aromatic heterocycles. The summed E-state index contributed by atoms with van der Waals surface area (Å²) in [6.07, 6.45) is 2.62. The summed E-state index contributed by atoms with van der Waals surface area (Å²) in [5, 5.41) is 1.02. The molecule has 0 saturated heterocycles. The zero-order chi connectivity index (χ0) is 16.6. The van der Waals surface area contributed by atoms with E-state index in [1.54, 1.807) is 6.20 Å². The SMILES string of the molecule is CC(C)(C)Cn1c(Cc2ccc(N)cc2)cc2cnc(N)nc21. The first-order valence-corrected chi connectivity index (χ1v) is 7.77. The largest absolute Gasteiger partial charge is 0.399 e. The van der Waals surface area contributed by atoms with Crippen molar-refractivity contribution in [2.75, 3.05) is 11.5 Å². The molecule has 0 saturated carbocycles. The highest BCUT2D eigenvalue weighted by molar-refractivity contribution is 5.77. The van der Waals surface area contributed by atoms with Crippen molar-refractivity contribution < 1.29 is 0 Å². The van der Waals surface area contributed by atoms with Gasteiger partial charge >= 0.3 is 0 Å². The topological polar surface area (TPSA) is 82.8 Å². The maximum absolute atomic E-state index is 5.79. The second-order valence-electron chi connectivity index (χ2n) is 7.21. The van der Waals surface area contributed by atoms with Crippen LogP contribution in [-0.2, 0) is 13.0 Å². The highest BCUT2D eigenvalue weighted by atomic mass is 15.1. The minimum absolute atomic E-state index is 0.140. The number of nitrogen functional groups attached to an aromatic ring is 2. The lowest BCUT2D eigenvalue weighted by Crippen LogP contribution is -2.18. The molecular weight excluding hydrogens is 286 g/mol. The van der Waals surface area contributed by atoms with Crippen molar-refractivity contribution in [3.63, 3.8) is 0 Å². The molecule has 0 aliphatic heterocycles. The van der Waals surface area contributed by atoms with Crippen LogP contribution in [0.1, 0.15) is 32.0 Å². The first-order valence-electron chi connectivity index (χ1n) is 7.77. The van der Waals surface area contributed by atoms with Crippen LogP contribution in [0.4, 0.5) is 11.6 Å². The van der Waals surface area contributed by atoms with Crippen molar-refractivity contribution in [3.8, 4) is 0 Å². The Balaban J connectivity index is 2.07. The third-order valence-electron chi connectivity index (χ3n) is 3.74. The van der Waals surface area contributed by atoms with Gasteiger partial charge in [0.15, 0.2) is 0 Å². The molecule has 0 unspecified atom stereocenters. The molecule has 3 rings (SSSR count). The number of nitrogens with two attached hydrogens (primary N) is 2. The Morgan fingerprint density at radius 3 is 2.43 bits per heavy atom. The highest BCUT2D eigenvalue weighted by Gasteiger charge is 2.18. The molecule has 3 aromatic rings. The van der Waals surface area contributed by atoms with E-state index < -0.39 is 0 Å². The fourth-order valence-electron chi connectivity index (χ4n) is 2.75. The first kappa shape index (κ1) is 15.3. The molecule has 0 fully saturated rings. The standard InChI is InChI=1S/C18H23N5/c1-18(2,3)11-23-15(8-12-4-6-14(19)7-5-12)9-13-10-21-17(20)22-16(13)23/h4-7,9-10H,8,11,19H2,1-3H3,(H2,20,21,22). The molecule has 0 bridgehead atoms. The fraction of sp³-hybridized carbons (Fsp3) is 0.333. The summed E-state index contributed by atoms with van der Waals surface area (Å²) in [4.78, 5) is 8.56. The molecule has 0 amide bonds. The lowest BCUT2D eigenvalue weighted by molar-refractivity contribution is 0.344. The molecule has 4 N–H and O–H groups in total. The van der Waals surface area contributed by atoms with Crippen molar-refractivity contribution in [2.45, 2.75) is 33.7 Å². The maximum Gasteiger partial charge on any atom is 0.221 e. The Hall–Kier alpha value is -2.56. The Labute approximate surface area is 136 Å². The molecule has 5 nitrogen and oxygen atoms in total. The van der Waals surface area contributed by atoms with Crippen molar-refractivity contribution in [1.29, 1.82) is 0 Å². The van der Waals surface area contributed by atoms with Gasteiger partial charge in [-0.25, -0.2) is 4.98 Å². The average molecular weight is 309 g/mol. The predicted octanol–water partition coefficient (Wildman–Crippen LogP) is 3.23. The van der Waals surface area contributed by atoms with E-state index in [4.69, 9.17) is 11.5 Å². The van der Waals surface area contributed by atoms with Crippen LogP contribution < -0.4 is 11.5 Å². The zero-order valence-electron chi connectivity index (χ0n) is 13.9. The summed E-state index contributed by atoms with van der Waals surface area (Å²) in [6.45, 7) is 7.53. The van der Waals surface area contributed by atoms with Gasteiger partial charge in [0.05, 0.1) is 0 Å². The minimum Gasteiger partial charge on any atom is -0.399 e. The third-order valence-corrected chi connectivity index (χ3v) is 3.74. The number of hydrogen-bond acceptors (Lipinski definition) is 4. The molecule has 2 heterocycles. The number of rotatable bonds is 3. The lowest BCUT2D eigenvalue weighted by atomic mass is 9.96. The monoisotopic (exact) mass is 309 g/mol. The third kappa shape index (κ3) is 3.44. The number of hydrogen-bond donors (Lipinski definition) is 2. The van der Waals surface area contributed by atoms with E-state index in [0.29, 0.717) is 5.95 Å². The molecule has 23 heavy (non-hydrogen) atoms. The normalized spacial score (nSPS) is 12.0. The number of anilines is 2. The van der Waals surface area contributed by atoms with Gasteiger partial charge in [-0.1, -0.05) is 32.9 Å². The van der Waals surface area contributed by atoms with Crippen molar-refractivity contribution in [2.24, 2.45) is 5.41 Å². The zero-order valence-corrected chi connectivity index (χ0v) is 13.9. The van der Waals surface area contributed by atoms with Crippen molar-refractivity contribution in [3.05, 3.63) is 47.8 Å². The molecule has 1 aromatic carbocycles. The highest BCUT2D eigenvalue weighted by Crippen LogP contribution is 2.26. The maximum atomic E-state index is 5.79. The van der Waals surface area contributed by atoms with E-state index in [-0.39, 0.29) is 5.41 Å². The molecule has 0 radical (unpaired) electrons. The molecule has 0 aliphatic carbocycles. The number of nitrogens with zero attached hydrogens (tertiary/aromatic N) is 3. The quantitative estimate of drug-likeness (QED) is 0.728. The van der Waals surface area contributed by atoms with E-state index in [2.05, 4.69) is 53.5 Å². The fourth-order valence-corrected chi connectivity index (χ4v) is 2.75. The minimum atomic E-state index is 0.140. The van der Waals surface area contributed by atoms with E-state index >= 15 is 0 Å². The Morgan fingerprint density at radius 1 is 1.09 bits per heavy atom. The van der Waals surface area contributed by atoms with Gasteiger partial charge < -0.3 is 16.0 Å². The molecule has 0 atom stereocenters. The van der Waals surface area contributed by atoms with Crippen LogP contribution in [0.25, 0.3) is 11.0 Å². The van der Waals surface area contributed by atoms with Crippen LogP contribution in [0.5, 0.6) is 0 Å². The molecule has 0 aliphatic rings. The molecular formula is C18H23N5. The number of benzene rings is 1. The summed E-state index contributed by atoms with van der Waals surface area (Å²) in [5.41, 5.74) is 15.8. The van der Waals surface area contributed by atoms with Gasteiger partial charge in [0.2, 0.25) is 5.95 Å². The molecule has 5 heteroatoms. The summed E-state index contributed by atoms with van der Waals surface area (Å²) < 4.78 is 2.25. The summed E-state index contributed by atoms with van der Waals surface area (Å²) in [5.74, 6) is 0.310. The molecule has 120 valence electrons. The summed E-state index contributed by atoms with van der Waals surface area (Å²) >= 11 is 0. The van der Waals surface area contributed by atoms with E-state index in [9.17, 15) is 0 Å². The van der Waals surface area contributed by atoms with Crippen molar-refractivity contribution in [1.82, 2.24) is 14.5 Å². The Kier molecular flexibility index (Phi) is 3.72. The lowest BCUT2D eigenvalue weighted by Gasteiger charge is -2.21. The van der Waals surface area contributed by atoms with Crippen LogP contribution in [-0.4, -0.2) is 14.5 Å². The van der Waals surface area contributed by atoms with Gasteiger partial charge in [0.1, 0.15) is 5.65 Å². The van der Waals surface area contributed by atoms with E-state index in [1.807, 2.05) is 12.1 Å². The Bertz CT molecular complexity index is 825. The molecule has 0 spiro atoms. The van der Waals surface area contributed by atoms with Gasteiger partial charge in [-0.05, 0) is 29.2 Å². The first-order chi connectivity index (χ1) is 10.8. The van der Waals surface area contributed by atoms with E-state index in [0.717, 1.165) is 29.7 Å². The van der Waals surface area contributed by atoms with Gasteiger partial charge in [-0.2, -0.15) is 4.98 Å². The smallest absolute Gasteiger partial charge is 0.221 e. The average Bonchev–Trinajstić information content (AvgIpc) is 2.77.